The SMILES string of the molecule is CC=CC1CCC(C2CCC(COC=CCC)CC2)CC1. The third-order valence-corrected chi connectivity index (χ3v) is 5.60. The molecule has 0 N–H and O–H groups in total. The van der Waals surface area contributed by atoms with E-state index in [1.165, 1.54) is 51.4 Å². The quantitative estimate of drug-likeness (QED) is 0.423. The average molecular weight is 290 g/mol. The lowest BCUT2D eigenvalue weighted by molar-refractivity contribution is 0.113. The van der Waals surface area contributed by atoms with Gasteiger partial charge in [-0.1, -0.05) is 25.2 Å². The van der Waals surface area contributed by atoms with E-state index in [1.807, 2.05) is 6.26 Å². The Bertz CT molecular complexity index is 315. The average Bonchev–Trinajstić information content (AvgIpc) is 2.53. The van der Waals surface area contributed by atoms with Gasteiger partial charge in [-0.2, -0.15) is 0 Å². The molecule has 0 spiro atoms. The second-order valence-electron chi connectivity index (χ2n) is 7.09. The minimum Gasteiger partial charge on any atom is -0.501 e. The van der Waals surface area contributed by atoms with Crippen LogP contribution < -0.4 is 0 Å². The molecular weight excluding hydrogens is 256 g/mol. The van der Waals surface area contributed by atoms with Gasteiger partial charge in [0.15, 0.2) is 0 Å². The third kappa shape index (κ3) is 5.52. The van der Waals surface area contributed by atoms with Gasteiger partial charge in [-0.3, -0.25) is 0 Å². The largest absolute Gasteiger partial charge is 0.501 e. The van der Waals surface area contributed by atoms with Crippen LogP contribution in [0.15, 0.2) is 24.5 Å². The lowest BCUT2D eigenvalue weighted by Gasteiger charge is -2.37. The zero-order valence-corrected chi connectivity index (χ0v) is 14.1. The summed E-state index contributed by atoms with van der Waals surface area (Å²) in [5.74, 6) is 3.72. The fourth-order valence-corrected chi connectivity index (χ4v) is 4.26. The van der Waals surface area contributed by atoms with Gasteiger partial charge < -0.3 is 4.74 Å². The lowest BCUT2D eigenvalue weighted by Crippen LogP contribution is -2.26. The minimum absolute atomic E-state index is 0.808. The number of allylic oxidation sites excluding steroid dienone is 3. The first-order valence-electron chi connectivity index (χ1n) is 9.22. The summed E-state index contributed by atoms with van der Waals surface area (Å²) in [4.78, 5) is 0. The molecule has 0 aromatic heterocycles. The molecule has 0 amide bonds. The monoisotopic (exact) mass is 290 g/mol. The molecule has 2 saturated carbocycles. The number of ether oxygens (including phenoxy) is 1. The topological polar surface area (TPSA) is 9.23 Å². The molecule has 0 saturated heterocycles. The molecule has 120 valence electrons. The Morgan fingerprint density at radius 3 is 2.10 bits per heavy atom. The van der Waals surface area contributed by atoms with Crippen molar-refractivity contribution < 1.29 is 4.74 Å². The summed E-state index contributed by atoms with van der Waals surface area (Å²) in [6, 6.07) is 0. The van der Waals surface area contributed by atoms with Crippen LogP contribution in [0.3, 0.4) is 0 Å². The Labute approximate surface area is 131 Å². The van der Waals surface area contributed by atoms with Crippen LogP contribution in [0.2, 0.25) is 0 Å². The van der Waals surface area contributed by atoms with Gasteiger partial charge in [0.2, 0.25) is 0 Å². The summed E-state index contributed by atoms with van der Waals surface area (Å²) >= 11 is 0. The Morgan fingerprint density at radius 1 is 0.905 bits per heavy atom. The van der Waals surface area contributed by atoms with Crippen molar-refractivity contribution in [1.29, 1.82) is 0 Å². The molecule has 0 radical (unpaired) electrons. The highest BCUT2D eigenvalue weighted by Crippen LogP contribution is 2.41. The molecule has 1 heteroatoms. The lowest BCUT2D eigenvalue weighted by atomic mass is 9.69. The van der Waals surface area contributed by atoms with E-state index in [9.17, 15) is 0 Å². The van der Waals surface area contributed by atoms with E-state index in [4.69, 9.17) is 4.74 Å². The molecule has 2 rings (SSSR count). The van der Waals surface area contributed by atoms with Gasteiger partial charge in [-0.15, -0.1) is 0 Å². The van der Waals surface area contributed by atoms with Crippen molar-refractivity contribution >= 4 is 0 Å². The zero-order chi connectivity index (χ0) is 14.9. The van der Waals surface area contributed by atoms with E-state index in [0.29, 0.717) is 0 Å². The van der Waals surface area contributed by atoms with Crippen molar-refractivity contribution in [2.24, 2.45) is 23.7 Å². The van der Waals surface area contributed by atoms with Gasteiger partial charge in [0, 0.05) is 0 Å². The standard InChI is InChI=1S/C20H34O/c1-3-5-15-21-16-18-9-13-20(14-10-18)19-11-7-17(6-4-2)8-12-19/h4-6,15,17-20H,3,7-14,16H2,1-2H3. The summed E-state index contributed by atoms with van der Waals surface area (Å²) in [5.41, 5.74) is 0. The van der Waals surface area contributed by atoms with Crippen LogP contribution in [0, 0.1) is 23.7 Å². The predicted octanol–water partition coefficient (Wildman–Crippen LogP) is 6.12. The predicted molar refractivity (Wildman–Crippen MR) is 91.1 cm³/mol. The molecule has 0 atom stereocenters. The van der Waals surface area contributed by atoms with Gasteiger partial charge in [0.1, 0.15) is 0 Å². The maximum atomic E-state index is 5.65. The highest BCUT2D eigenvalue weighted by Gasteiger charge is 2.30. The summed E-state index contributed by atoms with van der Waals surface area (Å²) in [6.45, 7) is 5.25. The van der Waals surface area contributed by atoms with E-state index < -0.39 is 0 Å². The first kappa shape index (κ1) is 16.6. The molecule has 2 aliphatic rings. The second kappa shape index (κ2) is 9.33. The smallest absolute Gasteiger partial charge is 0.0901 e. The van der Waals surface area contributed by atoms with Crippen LogP contribution >= 0.6 is 0 Å². The normalized spacial score (nSPS) is 34.6. The molecule has 0 aliphatic heterocycles. The molecule has 0 unspecified atom stereocenters. The Balaban J connectivity index is 1.64. The number of hydrogen-bond donors (Lipinski definition) is 0. The van der Waals surface area contributed by atoms with Crippen LogP contribution in [0.5, 0.6) is 0 Å². The number of rotatable bonds is 6. The highest BCUT2D eigenvalue weighted by atomic mass is 16.5. The summed E-state index contributed by atoms with van der Waals surface area (Å²) < 4.78 is 5.65. The molecule has 0 aromatic rings. The molecule has 0 aromatic carbocycles. The Kier molecular flexibility index (Phi) is 7.39. The van der Waals surface area contributed by atoms with E-state index >= 15 is 0 Å². The van der Waals surface area contributed by atoms with Crippen molar-refractivity contribution in [3.05, 3.63) is 24.5 Å². The van der Waals surface area contributed by atoms with Gasteiger partial charge >= 0.3 is 0 Å². The summed E-state index contributed by atoms with van der Waals surface area (Å²) in [7, 11) is 0. The van der Waals surface area contributed by atoms with E-state index in [1.54, 1.807) is 0 Å². The van der Waals surface area contributed by atoms with Crippen LogP contribution in [-0.4, -0.2) is 6.61 Å². The summed E-state index contributed by atoms with van der Waals surface area (Å²) in [6.07, 6.45) is 21.2. The maximum Gasteiger partial charge on any atom is 0.0901 e. The van der Waals surface area contributed by atoms with Crippen LogP contribution in [0.1, 0.15) is 71.6 Å². The molecule has 2 aliphatic carbocycles. The maximum absolute atomic E-state index is 5.65. The number of hydrogen-bond acceptors (Lipinski definition) is 1. The molecule has 0 bridgehead atoms. The first-order valence-corrected chi connectivity index (χ1v) is 9.22. The van der Waals surface area contributed by atoms with Crippen molar-refractivity contribution in [3.8, 4) is 0 Å². The van der Waals surface area contributed by atoms with E-state index in [0.717, 1.165) is 36.7 Å². The van der Waals surface area contributed by atoms with E-state index in [-0.39, 0.29) is 0 Å². The zero-order valence-electron chi connectivity index (χ0n) is 14.1. The molecule has 2 fully saturated rings. The molecule has 21 heavy (non-hydrogen) atoms. The van der Waals surface area contributed by atoms with Gasteiger partial charge in [0.25, 0.3) is 0 Å². The fraction of sp³-hybridized carbons (Fsp3) is 0.800. The molecular formula is C20H34O. The molecule has 0 heterocycles. The van der Waals surface area contributed by atoms with Crippen molar-refractivity contribution in [2.75, 3.05) is 6.61 Å². The van der Waals surface area contributed by atoms with E-state index in [2.05, 4.69) is 32.1 Å². The Morgan fingerprint density at radius 2 is 1.52 bits per heavy atom. The van der Waals surface area contributed by atoms with Crippen molar-refractivity contribution in [1.82, 2.24) is 0 Å². The summed E-state index contributed by atoms with van der Waals surface area (Å²) in [5, 5.41) is 0. The third-order valence-electron chi connectivity index (χ3n) is 5.60. The van der Waals surface area contributed by atoms with Crippen LogP contribution in [0.25, 0.3) is 0 Å². The van der Waals surface area contributed by atoms with Gasteiger partial charge in [-0.05, 0) is 88.4 Å². The first-order chi connectivity index (χ1) is 10.3. The van der Waals surface area contributed by atoms with Crippen molar-refractivity contribution in [3.63, 3.8) is 0 Å². The van der Waals surface area contributed by atoms with Gasteiger partial charge in [-0.25, -0.2) is 0 Å². The van der Waals surface area contributed by atoms with Crippen LogP contribution in [-0.2, 0) is 4.74 Å². The fourth-order valence-electron chi connectivity index (χ4n) is 4.26. The van der Waals surface area contributed by atoms with Crippen molar-refractivity contribution in [2.45, 2.75) is 71.6 Å². The molecule has 1 nitrogen and oxygen atoms in total. The highest BCUT2D eigenvalue weighted by molar-refractivity contribution is 4.90. The Hall–Kier alpha value is -0.720. The van der Waals surface area contributed by atoms with Crippen LogP contribution in [0.4, 0.5) is 0 Å². The van der Waals surface area contributed by atoms with Gasteiger partial charge in [0.05, 0.1) is 12.9 Å². The second-order valence-corrected chi connectivity index (χ2v) is 7.09. The minimum atomic E-state index is 0.808.